The normalized spacial score (nSPS) is 14.4. The zero-order valence-corrected chi connectivity index (χ0v) is 17.1. The third-order valence-corrected chi connectivity index (χ3v) is 5.31. The van der Waals surface area contributed by atoms with Gasteiger partial charge in [-0.2, -0.15) is 0 Å². The van der Waals surface area contributed by atoms with Crippen molar-refractivity contribution in [3.63, 3.8) is 0 Å². The molecule has 6 nitrogen and oxygen atoms in total. The number of piperazine rings is 1. The molecular weight excluding hydrogens is 366 g/mol. The van der Waals surface area contributed by atoms with E-state index in [9.17, 15) is 14.4 Å². The number of benzene rings is 2. The van der Waals surface area contributed by atoms with E-state index in [1.54, 1.807) is 29.2 Å². The molecule has 2 aromatic rings. The van der Waals surface area contributed by atoms with Crippen LogP contribution in [0.15, 0.2) is 54.6 Å². The van der Waals surface area contributed by atoms with Gasteiger partial charge in [-0.15, -0.1) is 0 Å². The van der Waals surface area contributed by atoms with Crippen LogP contribution in [0.5, 0.6) is 0 Å². The SMILES string of the molecule is CC(=O)Nc1cccc(C(=O)N2CCN(C(=O)C(C)(C)c3ccccc3)CC2)c1. The fraction of sp³-hybridized carbons (Fsp3) is 0.348. The molecule has 0 radical (unpaired) electrons. The molecular formula is C23H27N3O3. The first kappa shape index (κ1) is 20.6. The average molecular weight is 393 g/mol. The smallest absolute Gasteiger partial charge is 0.254 e. The van der Waals surface area contributed by atoms with E-state index in [0.717, 1.165) is 5.56 Å². The van der Waals surface area contributed by atoms with E-state index in [4.69, 9.17) is 0 Å². The number of nitrogens with one attached hydrogen (secondary N) is 1. The Morgan fingerprint density at radius 2 is 1.48 bits per heavy atom. The van der Waals surface area contributed by atoms with Gasteiger partial charge >= 0.3 is 0 Å². The number of anilines is 1. The van der Waals surface area contributed by atoms with Crippen molar-refractivity contribution < 1.29 is 14.4 Å². The molecule has 0 bridgehead atoms. The lowest BCUT2D eigenvalue weighted by Gasteiger charge is -2.38. The minimum atomic E-state index is -0.611. The van der Waals surface area contributed by atoms with Gasteiger partial charge in [0.1, 0.15) is 0 Å². The van der Waals surface area contributed by atoms with E-state index in [1.807, 2.05) is 49.1 Å². The molecule has 0 spiro atoms. The van der Waals surface area contributed by atoms with Crippen LogP contribution < -0.4 is 5.32 Å². The van der Waals surface area contributed by atoms with Gasteiger partial charge in [0.05, 0.1) is 5.41 Å². The highest BCUT2D eigenvalue weighted by molar-refractivity contribution is 5.97. The first-order valence-corrected chi connectivity index (χ1v) is 9.81. The summed E-state index contributed by atoms with van der Waals surface area (Å²) in [4.78, 5) is 40.8. The predicted octanol–water partition coefficient (Wildman–Crippen LogP) is 2.91. The van der Waals surface area contributed by atoms with Crippen molar-refractivity contribution in [3.8, 4) is 0 Å². The summed E-state index contributed by atoms with van der Waals surface area (Å²) in [6.45, 7) is 7.30. The summed E-state index contributed by atoms with van der Waals surface area (Å²) in [6.07, 6.45) is 0. The van der Waals surface area contributed by atoms with E-state index >= 15 is 0 Å². The summed E-state index contributed by atoms with van der Waals surface area (Å²) < 4.78 is 0. The second kappa shape index (κ2) is 8.47. The molecule has 3 amide bonds. The van der Waals surface area contributed by atoms with E-state index in [1.165, 1.54) is 6.92 Å². The molecule has 0 unspecified atom stereocenters. The number of hydrogen-bond donors (Lipinski definition) is 1. The highest BCUT2D eigenvalue weighted by atomic mass is 16.2. The minimum absolute atomic E-state index is 0.0726. The lowest BCUT2D eigenvalue weighted by Crippen LogP contribution is -2.54. The highest BCUT2D eigenvalue weighted by Crippen LogP contribution is 2.26. The molecule has 0 atom stereocenters. The molecule has 1 aliphatic rings. The Morgan fingerprint density at radius 1 is 0.862 bits per heavy atom. The number of rotatable bonds is 4. The number of carbonyl (C=O) groups excluding carboxylic acids is 3. The number of amides is 3. The van der Waals surface area contributed by atoms with Gasteiger partial charge in [0.15, 0.2) is 0 Å². The third kappa shape index (κ3) is 4.65. The average Bonchev–Trinajstić information content (AvgIpc) is 2.73. The number of nitrogens with zero attached hydrogens (tertiary/aromatic N) is 2. The van der Waals surface area contributed by atoms with Crippen molar-refractivity contribution in [3.05, 3.63) is 65.7 Å². The van der Waals surface area contributed by atoms with Crippen LogP contribution in [0.2, 0.25) is 0 Å². The first-order valence-electron chi connectivity index (χ1n) is 9.81. The molecule has 0 aliphatic carbocycles. The summed E-state index contributed by atoms with van der Waals surface area (Å²) >= 11 is 0. The van der Waals surface area contributed by atoms with Gasteiger partial charge in [0.25, 0.3) is 5.91 Å². The van der Waals surface area contributed by atoms with Crippen molar-refractivity contribution in [1.29, 1.82) is 0 Å². The maximum Gasteiger partial charge on any atom is 0.254 e. The van der Waals surface area contributed by atoms with Crippen LogP contribution >= 0.6 is 0 Å². The standard InChI is InChI=1S/C23H27N3O3/c1-17(27)24-20-11-7-8-18(16-20)21(28)25-12-14-26(15-13-25)22(29)23(2,3)19-9-5-4-6-10-19/h4-11,16H,12-15H2,1-3H3,(H,24,27). The summed E-state index contributed by atoms with van der Waals surface area (Å²) in [5, 5.41) is 2.69. The molecule has 0 saturated carbocycles. The molecule has 1 saturated heterocycles. The Hall–Kier alpha value is -3.15. The maximum absolute atomic E-state index is 13.1. The van der Waals surface area contributed by atoms with Crippen LogP contribution in [0, 0.1) is 0 Å². The Labute approximate surface area is 171 Å². The lowest BCUT2D eigenvalue weighted by molar-refractivity contribution is -0.137. The fourth-order valence-electron chi connectivity index (χ4n) is 3.60. The van der Waals surface area contributed by atoms with Crippen LogP contribution in [0.1, 0.15) is 36.7 Å². The zero-order valence-electron chi connectivity index (χ0n) is 17.1. The molecule has 152 valence electrons. The van der Waals surface area contributed by atoms with Gasteiger partial charge in [-0.1, -0.05) is 36.4 Å². The van der Waals surface area contributed by atoms with Crippen molar-refractivity contribution in [2.24, 2.45) is 0 Å². The lowest BCUT2D eigenvalue weighted by atomic mass is 9.83. The minimum Gasteiger partial charge on any atom is -0.338 e. The summed E-state index contributed by atoms with van der Waals surface area (Å²) in [7, 11) is 0. The van der Waals surface area contributed by atoms with Crippen molar-refractivity contribution in [2.75, 3.05) is 31.5 Å². The topological polar surface area (TPSA) is 69.7 Å². The van der Waals surface area contributed by atoms with Gasteiger partial charge in [-0.05, 0) is 37.6 Å². The van der Waals surface area contributed by atoms with Crippen molar-refractivity contribution in [2.45, 2.75) is 26.2 Å². The second-order valence-corrected chi connectivity index (χ2v) is 7.84. The van der Waals surface area contributed by atoms with Gasteiger partial charge in [0.2, 0.25) is 11.8 Å². The Balaban J connectivity index is 1.64. The highest BCUT2D eigenvalue weighted by Gasteiger charge is 2.35. The van der Waals surface area contributed by atoms with Crippen LogP contribution in [-0.4, -0.2) is 53.7 Å². The summed E-state index contributed by atoms with van der Waals surface area (Å²) in [5.74, 6) is -0.196. The molecule has 1 aliphatic heterocycles. The van der Waals surface area contributed by atoms with Crippen LogP contribution in [0.25, 0.3) is 0 Å². The Kier molecular flexibility index (Phi) is 6.01. The van der Waals surface area contributed by atoms with Crippen molar-refractivity contribution in [1.82, 2.24) is 9.80 Å². The molecule has 0 aromatic heterocycles. The molecule has 6 heteroatoms. The molecule has 3 rings (SSSR count). The largest absolute Gasteiger partial charge is 0.338 e. The molecule has 1 fully saturated rings. The van der Waals surface area contributed by atoms with Gasteiger partial charge in [-0.3, -0.25) is 14.4 Å². The Bertz CT molecular complexity index is 901. The van der Waals surface area contributed by atoms with E-state index < -0.39 is 5.41 Å². The summed E-state index contributed by atoms with van der Waals surface area (Å²) in [5.41, 5.74) is 1.50. The van der Waals surface area contributed by atoms with Crippen LogP contribution in [0.4, 0.5) is 5.69 Å². The van der Waals surface area contributed by atoms with E-state index in [0.29, 0.717) is 37.4 Å². The maximum atomic E-state index is 13.1. The quantitative estimate of drug-likeness (QED) is 0.868. The van der Waals surface area contributed by atoms with Crippen LogP contribution in [-0.2, 0) is 15.0 Å². The molecule has 1 N–H and O–H groups in total. The first-order chi connectivity index (χ1) is 13.8. The molecule has 2 aromatic carbocycles. The zero-order chi connectivity index (χ0) is 21.0. The van der Waals surface area contributed by atoms with Crippen LogP contribution in [0.3, 0.4) is 0 Å². The number of carbonyl (C=O) groups is 3. The monoisotopic (exact) mass is 393 g/mol. The predicted molar refractivity (Wildman–Crippen MR) is 113 cm³/mol. The van der Waals surface area contributed by atoms with Gasteiger partial charge in [-0.25, -0.2) is 0 Å². The molecule has 29 heavy (non-hydrogen) atoms. The van der Waals surface area contributed by atoms with E-state index in [-0.39, 0.29) is 17.7 Å². The fourth-order valence-corrected chi connectivity index (χ4v) is 3.60. The van der Waals surface area contributed by atoms with Gasteiger partial charge in [0, 0.05) is 44.4 Å². The summed E-state index contributed by atoms with van der Waals surface area (Å²) in [6, 6.07) is 16.7. The van der Waals surface area contributed by atoms with Crippen molar-refractivity contribution >= 4 is 23.4 Å². The molecule has 1 heterocycles. The van der Waals surface area contributed by atoms with E-state index in [2.05, 4.69) is 5.32 Å². The second-order valence-electron chi connectivity index (χ2n) is 7.84. The third-order valence-electron chi connectivity index (χ3n) is 5.31. The van der Waals surface area contributed by atoms with Gasteiger partial charge < -0.3 is 15.1 Å². The Morgan fingerprint density at radius 3 is 2.10 bits per heavy atom. The number of hydrogen-bond acceptors (Lipinski definition) is 3.